The Balaban J connectivity index is 3.07. The zero-order valence-corrected chi connectivity index (χ0v) is 10.8. The largest absolute Gasteiger partial charge is 0.369 e. The van der Waals surface area contributed by atoms with Crippen LogP contribution in [0.2, 0.25) is 0 Å². The van der Waals surface area contributed by atoms with E-state index in [-0.39, 0.29) is 0 Å². The summed E-state index contributed by atoms with van der Waals surface area (Å²) in [5.41, 5.74) is 1.22. The van der Waals surface area contributed by atoms with Gasteiger partial charge in [-0.25, -0.2) is 4.98 Å². The van der Waals surface area contributed by atoms with E-state index in [0.29, 0.717) is 0 Å². The van der Waals surface area contributed by atoms with Gasteiger partial charge in [0.25, 0.3) is 0 Å². The second-order valence-corrected chi connectivity index (χ2v) is 3.63. The average molecular weight is 220 g/mol. The van der Waals surface area contributed by atoms with Gasteiger partial charge in [0.15, 0.2) is 5.82 Å². The minimum atomic E-state index is 0.982. The van der Waals surface area contributed by atoms with Crippen LogP contribution >= 0.6 is 0 Å². The van der Waals surface area contributed by atoms with Crippen molar-refractivity contribution in [2.75, 3.05) is 36.0 Å². The highest BCUT2D eigenvalue weighted by molar-refractivity contribution is 5.66. The molecule has 3 heteroatoms. The Morgan fingerprint density at radius 1 is 1.00 bits per heavy atom. The second-order valence-electron chi connectivity index (χ2n) is 3.63. The van der Waals surface area contributed by atoms with E-state index in [1.807, 2.05) is 6.07 Å². The molecule has 16 heavy (non-hydrogen) atoms. The molecule has 1 radical (unpaired) electrons. The first-order chi connectivity index (χ1) is 7.78. The van der Waals surface area contributed by atoms with E-state index in [4.69, 9.17) is 0 Å². The van der Waals surface area contributed by atoms with Gasteiger partial charge < -0.3 is 9.80 Å². The standard InChI is InChI=1S/C13H22N3/c1-5-15(6-2)12-10-9-11-14-13(12)16(7-3)8-4/h9-10H,5-8H2,1-4H3. The van der Waals surface area contributed by atoms with E-state index in [1.165, 1.54) is 5.69 Å². The molecule has 89 valence electrons. The van der Waals surface area contributed by atoms with Crippen molar-refractivity contribution in [1.29, 1.82) is 0 Å². The van der Waals surface area contributed by atoms with E-state index in [0.717, 1.165) is 32.0 Å². The molecule has 0 fully saturated rings. The summed E-state index contributed by atoms with van der Waals surface area (Å²) in [4.78, 5) is 8.99. The first-order valence-electron chi connectivity index (χ1n) is 6.15. The monoisotopic (exact) mass is 220 g/mol. The van der Waals surface area contributed by atoms with Crippen LogP contribution in [0.3, 0.4) is 0 Å². The van der Waals surface area contributed by atoms with Crippen LogP contribution < -0.4 is 9.80 Å². The third-order valence-electron chi connectivity index (χ3n) is 2.88. The average Bonchev–Trinajstić information content (AvgIpc) is 2.34. The van der Waals surface area contributed by atoms with E-state index >= 15 is 0 Å². The first-order valence-corrected chi connectivity index (χ1v) is 6.15. The van der Waals surface area contributed by atoms with Crippen LogP contribution in [0.5, 0.6) is 0 Å². The molecule has 0 amide bonds. The van der Waals surface area contributed by atoms with Gasteiger partial charge in [0, 0.05) is 26.2 Å². The molecule has 0 N–H and O–H groups in total. The number of rotatable bonds is 6. The van der Waals surface area contributed by atoms with Gasteiger partial charge in [-0.2, -0.15) is 0 Å². The molecule has 0 aliphatic heterocycles. The molecule has 1 aromatic heterocycles. The summed E-state index contributed by atoms with van der Waals surface area (Å²) in [6.45, 7) is 12.6. The maximum atomic E-state index is 4.40. The molecule has 1 rings (SSSR count). The van der Waals surface area contributed by atoms with Gasteiger partial charge in [-0.1, -0.05) is 0 Å². The summed E-state index contributed by atoms with van der Waals surface area (Å²) in [5.74, 6) is 1.05. The van der Waals surface area contributed by atoms with Gasteiger partial charge in [-0.05, 0) is 39.8 Å². The smallest absolute Gasteiger partial charge is 0.152 e. The minimum Gasteiger partial charge on any atom is -0.369 e. The third kappa shape index (κ3) is 2.65. The quantitative estimate of drug-likeness (QED) is 0.734. The lowest BCUT2D eigenvalue weighted by Gasteiger charge is -2.28. The fourth-order valence-electron chi connectivity index (χ4n) is 1.91. The Bertz CT molecular complexity index is 273. The van der Waals surface area contributed by atoms with Crippen LogP contribution in [0.4, 0.5) is 11.5 Å². The molecule has 0 aliphatic carbocycles. The van der Waals surface area contributed by atoms with Crippen LogP contribution in [-0.2, 0) is 0 Å². The van der Waals surface area contributed by atoms with Gasteiger partial charge in [0.1, 0.15) is 0 Å². The van der Waals surface area contributed by atoms with Crippen LogP contribution in [0, 0.1) is 6.20 Å². The van der Waals surface area contributed by atoms with Gasteiger partial charge in [-0.3, -0.25) is 0 Å². The Hall–Kier alpha value is -1.25. The van der Waals surface area contributed by atoms with Crippen molar-refractivity contribution in [2.45, 2.75) is 27.7 Å². The predicted molar refractivity (Wildman–Crippen MR) is 70.2 cm³/mol. The van der Waals surface area contributed by atoms with E-state index in [1.54, 1.807) is 0 Å². The number of hydrogen-bond donors (Lipinski definition) is 0. The Morgan fingerprint density at radius 3 is 2.06 bits per heavy atom. The molecule has 0 aromatic carbocycles. The van der Waals surface area contributed by atoms with Gasteiger partial charge in [0.2, 0.25) is 0 Å². The number of aromatic nitrogens is 1. The SMILES string of the molecule is CCN(CC)c1cc[c]nc1N(CC)CC. The van der Waals surface area contributed by atoms with Crippen LogP contribution in [0.1, 0.15) is 27.7 Å². The molecule has 1 heterocycles. The maximum Gasteiger partial charge on any atom is 0.152 e. The molecule has 0 spiro atoms. The van der Waals surface area contributed by atoms with E-state index < -0.39 is 0 Å². The van der Waals surface area contributed by atoms with Crippen LogP contribution in [-0.4, -0.2) is 31.2 Å². The lowest BCUT2D eigenvalue weighted by Crippen LogP contribution is -2.29. The highest BCUT2D eigenvalue weighted by Gasteiger charge is 2.13. The Labute approximate surface area is 99.1 Å². The van der Waals surface area contributed by atoms with Gasteiger partial charge >= 0.3 is 0 Å². The molecular weight excluding hydrogens is 198 g/mol. The molecule has 3 nitrogen and oxygen atoms in total. The van der Waals surface area contributed by atoms with Crippen molar-refractivity contribution in [3.63, 3.8) is 0 Å². The summed E-state index contributed by atoms with van der Waals surface area (Å²) in [6.07, 6.45) is 2.94. The fraction of sp³-hybridized carbons (Fsp3) is 0.615. The van der Waals surface area contributed by atoms with E-state index in [9.17, 15) is 0 Å². The summed E-state index contributed by atoms with van der Waals surface area (Å²) in [5, 5.41) is 0. The maximum absolute atomic E-state index is 4.40. The topological polar surface area (TPSA) is 19.4 Å². The summed E-state index contributed by atoms with van der Waals surface area (Å²) < 4.78 is 0. The molecule has 1 aromatic rings. The Kier molecular flexibility index (Phi) is 5.09. The van der Waals surface area contributed by atoms with Crippen LogP contribution in [0.15, 0.2) is 12.1 Å². The number of nitrogens with zero attached hydrogens (tertiary/aromatic N) is 3. The third-order valence-corrected chi connectivity index (χ3v) is 2.88. The zero-order chi connectivity index (χ0) is 12.0. The molecule has 0 aliphatic rings. The van der Waals surface area contributed by atoms with Crippen molar-refractivity contribution >= 4 is 11.5 Å². The van der Waals surface area contributed by atoms with Crippen molar-refractivity contribution in [3.05, 3.63) is 18.3 Å². The molecule has 0 saturated carbocycles. The highest BCUT2D eigenvalue weighted by atomic mass is 15.2. The summed E-state index contributed by atoms with van der Waals surface area (Å²) in [6, 6.07) is 3.99. The van der Waals surface area contributed by atoms with Gasteiger partial charge in [-0.15, -0.1) is 0 Å². The van der Waals surface area contributed by atoms with Crippen molar-refractivity contribution < 1.29 is 0 Å². The summed E-state index contributed by atoms with van der Waals surface area (Å²) in [7, 11) is 0. The lowest BCUT2D eigenvalue weighted by molar-refractivity contribution is 0.816. The first kappa shape index (κ1) is 12.8. The Morgan fingerprint density at radius 2 is 1.56 bits per heavy atom. The molecule has 0 saturated heterocycles. The normalized spacial score (nSPS) is 10.2. The lowest BCUT2D eigenvalue weighted by atomic mass is 10.3. The van der Waals surface area contributed by atoms with Crippen molar-refractivity contribution in [3.8, 4) is 0 Å². The number of hydrogen-bond acceptors (Lipinski definition) is 3. The minimum absolute atomic E-state index is 0.982. The predicted octanol–water partition coefficient (Wildman–Crippen LogP) is 2.57. The second kappa shape index (κ2) is 6.36. The van der Waals surface area contributed by atoms with Crippen molar-refractivity contribution in [2.24, 2.45) is 0 Å². The van der Waals surface area contributed by atoms with Crippen molar-refractivity contribution in [1.82, 2.24) is 4.98 Å². The summed E-state index contributed by atoms with van der Waals surface area (Å²) >= 11 is 0. The zero-order valence-electron chi connectivity index (χ0n) is 10.8. The van der Waals surface area contributed by atoms with E-state index in [2.05, 4.69) is 54.7 Å². The number of pyridine rings is 1. The fourth-order valence-corrected chi connectivity index (χ4v) is 1.91. The molecule has 0 bridgehead atoms. The molecular formula is C13H22N3. The van der Waals surface area contributed by atoms with Gasteiger partial charge in [0.05, 0.1) is 11.9 Å². The molecule has 0 atom stereocenters. The van der Waals surface area contributed by atoms with Crippen LogP contribution in [0.25, 0.3) is 0 Å². The number of anilines is 2. The highest BCUT2D eigenvalue weighted by Crippen LogP contribution is 2.25. The molecule has 0 unspecified atom stereocenters.